The van der Waals surface area contributed by atoms with E-state index in [1.54, 1.807) is 12.3 Å². The zero-order chi connectivity index (χ0) is 20.0. The third kappa shape index (κ3) is 3.24. The summed E-state index contributed by atoms with van der Waals surface area (Å²) in [5, 5.41) is 5.80. The van der Waals surface area contributed by atoms with Crippen LogP contribution in [0.25, 0.3) is 5.70 Å². The minimum atomic E-state index is -0.222. The molecule has 0 saturated heterocycles. The van der Waals surface area contributed by atoms with Crippen molar-refractivity contribution >= 4 is 30.7 Å². The lowest BCUT2D eigenvalue weighted by Gasteiger charge is -2.37. The second-order valence-electron chi connectivity index (χ2n) is 7.86. The van der Waals surface area contributed by atoms with Gasteiger partial charge in [0.1, 0.15) is 23.5 Å². The highest BCUT2D eigenvalue weighted by Crippen LogP contribution is 2.40. The Morgan fingerprint density at radius 2 is 2.00 bits per heavy atom. The first-order chi connectivity index (χ1) is 14.1. The number of hydrogen-bond donors (Lipinski definition) is 2. The van der Waals surface area contributed by atoms with Crippen LogP contribution in [0.15, 0.2) is 65.6 Å². The van der Waals surface area contributed by atoms with Crippen LogP contribution in [0.2, 0.25) is 0 Å². The normalized spacial score (nSPS) is 21.4. The number of nitrogens with two attached hydrogens (primary N) is 1. The highest BCUT2D eigenvalue weighted by molar-refractivity contribution is 7.55. The summed E-state index contributed by atoms with van der Waals surface area (Å²) in [6, 6.07) is 13.8. The van der Waals surface area contributed by atoms with Gasteiger partial charge in [0.05, 0.1) is 5.70 Å². The van der Waals surface area contributed by atoms with Crippen LogP contribution in [0.1, 0.15) is 30.4 Å². The van der Waals surface area contributed by atoms with Crippen LogP contribution in [0.5, 0.6) is 0 Å². The van der Waals surface area contributed by atoms with Gasteiger partial charge >= 0.3 is 0 Å². The van der Waals surface area contributed by atoms with Crippen LogP contribution < -0.4 is 21.7 Å². The van der Waals surface area contributed by atoms with Gasteiger partial charge in [-0.3, -0.25) is 0 Å². The summed E-state index contributed by atoms with van der Waals surface area (Å²) in [5.41, 5.74) is 9.42. The van der Waals surface area contributed by atoms with Crippen LogP contribution >= 0.6 is 8.58 Å². The molecular weight excluding hydrogens is 382 g/mol. The summed E-state index contributed by atoms with van der Waals surface area (Å²) in [7, 11) is 0.428. The second kappa shape index (κ2) is 7.31. The van der Waals surface area contributed by atoms with E-state index < -0.39 is 0 Å². The van der Waals surface area contributed by atoms with Gasteiger partial charge < -0.3 is 16.0 Å². The first-order valence-corrected chi connectivity index (χ1v) is 11.0. The van der Waals surface area contributed by atoms with Crippen molar-refractivity contribution in [2.75, 3.05) is 0 Å². The number of aryl methyl sites for hydroxylation is 1. The van der Waals surface area contributed by atoms with Crippen LogP contribution in [0.3, 0.4) is 0 Å². The highest BCUT2D eigenvalue weighted by atomic mass is 31.1. The summed E-state index contributed by atoms with van der Waals surface area (Å²) in [6.07, 6.45) is 7.39. The molecule has 2 heterocycles. The lowest BCUT2D eigenvalue weighted by Crippen LogP contribution is -2.45. The molecule has 0 amide bonds. The fourth-order valence-electron chi connectivity index (χ4n) is 4.22. The zero-order valence-corrected chi connectivity index (χ0v) is 17.3. The summed E-state index contributed by atoms with van der Waals surface area (Å²) < 4.78 is 15.3. The first kappa shape index (κ1) is 18.4. The van der Waals surface area contributed by atoms with Gasteiger partial charge in [-0.15, -0.1) is 0 Å². The quantitative estimate of drug-likeness (QED) is 0.766. The van der Waals surface area contributed by atoms with Gasteiger partial charge in [0.2, 0.25) is 0 Å². The minimum Gasteiger partial charge on any atom is -0.382 e. The van der Waals surface area contributed by atoms with Crippen molar-refractivity contribution in [1.29, 1.82) is 0 Å². The smallest absolute Gasteiger partial charge is 0.149 e. The monoisotopic (exact) mass is 406 g/mol. The molecule has 4 nitrogen and oxygen atoms in total. The molecule has 29 heavy (non-hydrogen) atoms. The number of rotatable bonds is 4. The predicted molar refractivity (Wildman–Crippen MR) is 119 cm³/mol. The maximum absolute atomic E-state index is 15.3. The maximum atomic E-state index is 15.3. The van der Waals surface area contributed by atoms with Crippen molar-refractivity contribution in [2.24, 2.45) is 16.6 Å². The van der Waals surface area contributed by atoms with Gasteiger partial charge in [-0.05, 0) is 54.0 Å². The van der Waals surface area contributed by atoms with Gasteiger partial charge in [-0.1, -0.05) is 45.3 Å². The van der Waals surface area contributed by atoms with Crippen molar-refractivity contribution in [2.45, 2.75) is 32.4 Å². The van der Waals surface area contributed by atoms with E-state index in [1.807, 2.05) is 37.4 Å². The Kier molecular flexibility index (Phi) is 4.63. The van der Waals surface area contributed by atoms with E-state index in [2.05, 4.69) is 27.3 Å². The Balaban J connectivity index is 1.52. The number of benzene rings is 2. The summed E-state index contributed by atoms with van der Waals surface area (Å²) in [6.45, 7) is 2.05. The first-order valence-electron chi connectivity index (χ1n) is 10.0. The van der Waals surface area contributed by atoms with Crippen molar-refractivity contribution in [1.82, 2.24) is 10.2 Å². The fourth-order valence-corrected chi connectivity index (χ4v) is 5.36. The molecule has 2 aromatic rings. The SMILES string of the molecule is Cc1cc(C2=C3C(N)=NC=CN3C(C3CCC3)N2)c(F)cc1Pc1ccccc1. The second-order valence-corrected chi connectivity index (χ2v) is 9.23. The summed E-state index contributed by atoms with van der Waals surface area (Å²) >= 11 is 0. The molecule has 2 aliphatic heterocycles. The largest absolute Gasteiger partial charge is 0.382 e. The zero-order valence-electron chi connectivity index (χ0n) is 16.3. The number of aliphatic imine (C=N–C) groups is 1. The minimum absolute atomic E-state index is 0.115. The number of fused-ring (bicyclic) bond motifs is 1. The molecular formula is C23H24FN4P. The number of halogens is 1. The van der Waals surface area contributed by atoms with E-state index in [0.29, 0.717) is 25.9 Å². The summed E-state index contributed by atoms with van der Waals surface area (Å²) in [4.78, 5) is 6.40. The predicted octanol–water partition coefficient (Wildman–Crippen LogP) is 3.31. The lowest BCUT2D eigenvalue weighted by molar-refractivity contribution is 0.164. The van der Waals surface area contributed by atoms with E-state index in [9.17, 15) is 0 Å². The highest BCUT2D eigenvalue weighted by Gasteiger charge is 2.41. The number of hydrogen-bond acceptors (Lipinski definition) is 4. The van der Waals surface area contributed by atoms with E-state index in [-0.39, 0.29) is 12.0 Å². The van der Waals surface area contributed by atoms with Gasteiger partial charge in [0, 0.05) is 18.0 Å². The van der Waals surface area contributed by atoms with E-state index in [4.69, 9.17) is 5.73 Å². The van der Waals surface area contributed by atoms with Gasteiger partial charge in [0.15, 0.2) is 0 Å². The third-order valence-corrected chi connectivity index (χ3v) is 7.43. The van der Waals surface area contributed by atoms with E-state index >= 15 is 4.39 Å². The molecule has 2 atom stereocenters. The molecule has 3 aliphatic rings. The van der Waals surface area contributed by atoms with Crippen LogP contribution in [0.4, 0.5) is 4.39 Å². The third-order valence-electron chi connectivity index (χ3n) is 6.00. The molecule has 1 aliphatic carbocycles. The van der Waals surface area contributed by atoms with Crippen molar-refractivity contribution < 1.29 is 4.39 Å². The molecule has 0 bridgehead atoms. The number of nitrogens with zero attached hydrogens (tertiary/aromatic N) is 2. The van der Waals surface area contributed by atoms with Crippen molar-refractivity contribution in [3.63, 3.8) is 0 Å². The maximum Gasteiger partial charge on any atom is 0.149 e. The Hall–Kier alpha value is -2.65. The van der Waals surface area contributed by atoms with Crippen molar-refractivity contribution in [3.05, 3.63) is 77.5 Å². The molecule has 3 N–H and O–H groups in total. The molecule has 5 rings (SSSR count). The molecule has 1 saturated carbocycles. The Morgan fingerprint density at radius 3 is 2.72 bits per heavy atom. The molecule has 6 heteroatoms. The van der Waals surface area contributed by atoms with E-state index in [1.165, 1.54) is 24.6 Å². The number of nitrogens with one attached hydrogen (secondary N) is 1. The molecule has 2 unspecified atom stereocenters. The van der Waals surface area contributed by atoms with E-state index in [0.717, 1.165) is 22.3 Å². The van der Waals surface area contributed by atoms with Gasteiger partial charge in [-0.2, -0.15) is 0 Å². The molecule has 0 aromatic heterocycles. The van der Waals surface area contributed by atoms with Crippen LogP contribution in [-0.2, 0) is 0 Å². The molecule has 1 fully saturated rings. The molecule has 0 radical (unpaired) electrons. The fraction of sp³-hybridized carbons (Fsp3) is 0.261. The topological polar surface area (TPSA) is 53.6 Å². The van der Waals surface area contributed by atoms with Crippen LogP contribution in [0, 0.1) is 18.7 Å². The van der Waals surface area contributed by atoms with Crippen molar-refractivity contribution in [3.8, 4) is 0 Å². The molecule has 148 valence electrons. The average Bonchev–Trinajstić information content (AvgIpc) is 3.04. The lowest BCUT2D eigenvalue weighted by atomic mass is 9.82. The van der Waals surface area contributed by atoms with Gasteiger partial charge in [-0.25, -0.2) is 9.38 Å². The Bertz CT molecular complexity index is 1040. The molecule has 0 spiro atoms. The van der Waals surface area contributed by atoms with Crippen LogP contribution in [-0.4, -0.2) is 16.9 Å². The number of amidine groups is 1. The summed E-state index contributed by atoms with van der Waals surface area (Å²) in [5.74, 6) is 0.755. The Morgan fingerprint density at radius 1 is 1.21 bits per heavy atom. The molecule has 2 aromatic carbocycles. The van der Waals surface area contributed by atoms with Gasteiger partial charge in [0.25, 0.3) is 0 Å². The standard InChI is InChI=1S/C23H24FN4P/c1-14-12-17(18(24)13-19(14)29-16-8-3-2-4-9-16)20-21-22(25)26-10-11-28(21)23(27-20)15-6-5-7-15/h2-4,8-13,15,23,27,29H,5-7H2,1H3,(H2,25,26). The average molecular weight is 406 g/mol. The Labute approximate surface area is 172 Å².